The fourth-order valence-corrected chi connectivity index (χ4v) is 1.82. The van der Waals surface area contributed by atoms with E-state index in [9.17, 15) is 4.79 Å². The van der Waals surface area contributed by atoms with Gasteiger partial charge in [-0.2, -0.15) is 0 Å². The molecule has 2 heterocycles. The molecule has 9 heteroatoms. The Bertz CT molecular complexity index is 573. The van der Waals surface area contributed by atoms with Crippen molar-refractivity contribution in [2.75, 3.05) is 48.3 Å². The van der Waals surface area contributed by atoms with E-state index in [2.05, 4.69) is 31.2 Å². The highest BCUT2D eigenvalue weighted by Crippen LogP contribution is 2.05. The number of nitrogens with zero attached hydrogens (tertiary/aromatic N) is 2. The summed E-state index contributed by atoms with van der Waals surface area (Å²) in [4.78, 5) is 19.8. The second-order valence-electron chi connectivity index (χ2n) is 4.99. The summed E-state index contributed by atoms with van der Waals surface area (Å²) in [7, 11) is 0. The standard InChI is InChI=1S/C15H22N8O/c16-11-1-3-13(22-9-11)18-5-7-20-15(24)21-8-6-19-14-4-2-12(17)10-23-14/h1-4,9-10H,5-8,16-17H2,(H,18,22)(H,19,23)(H2,20,21,24). The quantitative estimate of drug-likeness (QED) is 0.386. The number of rotatable bonds is 8. The average molecular weight is 330 g/mol. The van der Waals surface area contributed by atoms with Crippen LogP contribution in [-0.4, -0.2) is 42.2 Å². The van der Waals surface area contributed by atoms with Crippen molar-refractivity contribution < 1.29 is 4.79 Å². The highest BCUT2D eigenvalue weighted by Gasteiger charge is 1.99. The second kappa shape index (κ2) is 9.03. The maximum Gasteiger partial charge on any atom is 0.314 e. The molecule has 0 aliphatic rings. The van der Waals surface area contributed by atoms with Gasteiger partial charge in [0.2, 0.25) is 0 Å². The monoisotopic (exact) mass is 330 g/mol. The van der Waals surface area contributed by atoms with Crippen LogP contribution in [0.4, 0.5) is 27.8 Å². The molecule has 0 spiro atoms. The molecule has 2 rings (SSSR count). The molecule has 0 radical (unpaired) electrons. The van der Waals surface area contributed by atoms with E-state index in [0.717, 1.165) is 0 Å². The molecule has 0 fully saturated rings. The lowest BCUT2D eigenvalue weighted by Gasteiger charge is -2.10. The van der Waals surface area contributed by atoms with Crippen LogP contribution in [0, 0.1) is 0 Å². The van der Waals surface area contributed by atoms with Crippen LogP contribution in [0.25, 0.3) is 0 Å². The lowest BCUT2D eigenvalue weighted by Crippen LogP contribution is -2.40. The Balaban J connectivity index is 1.52. The molecule has 0 bridgehead atoms. The van der Waals surface area contributed by atoms with E-state index in [4.69, 9.17) is 11.5 Å². The molecule has 0 unspecified atom stereocenters. The SMILES string of the molecule is Nc1ccc(NCCNC(=O)NCCNc2ccc(N)cn2)nc1. The Labute approximate surface area is 140 Å². The number of hydrogen-bond donors (Lipinski definition) is 6. The van der Waals surface area contributed by atoms with Crippen LogP contribution in [0.1, 0.15) is 0 Å². The first-order valence-electron chi connectivity index (χ1n) is 7.56. The zero-order valence-electron chi connectivity index (χ0n) is 13.2. The van der Waals surface area contributed by atoms with Crippen LogP contribution in [0.15, 0.2) is 36.7 Å². The minimum absolute atomic E-state index is 0.228. The Morgan fingerprint density at radius 1 is 0.792 bits per heavy atom. The summed E-state index contributed by atoms with van der Waals surface area (Å²) in [6.45, 7) is 2.09. The van der Waals surface area contributed by atoms with Crippen molar-refractivity contribution >= 4 is 29.0 Å². The zero-order valence-corrected chi connectivity index (χ0v) is 13.2. The first kappa shape index (κ1) is 17.1. The molecule has 2 amide bonds. The highest BCUT2D eigenvalue weighted by atomic mass is 16.2. The molecule has 0 aromatic carbocycles. The third-order valence-corrected chi connectivity index (χ3v) is 3.01. The van der Waals surface area contributed by atoms with Crippen LogP contribution >= 0.6 is 0 Å². The minimum atomic E-state index is -0.228. The number of nitrogen functional groups attached to an aromatic ring is 2. The topological polar surface area (TPSA) is 143 Å². The largest absolute Gasteiger partial charge is 0.397 e. The summed E-state index contributed by atoms with van der Waals surface area (Å²) in [6.07, 6.45) is 3.15. The molecule has 0 saturated heterocycles. The van der Waals surface area contributed by atoms with E-state index in [-0.39, 0.29) is 6.03 Å². The lowest BCUT2D eigenvalue weighted by atomic mass is 10.4. The molecule has 2 aromatic rings. The number of nitrogens with two attached hydrogens (primary N) is 2. The molecule has 0 saturated carbocycles. The first-order valence-corrected chi connectivity index (χ1v) is 7.56. The Hall–Kier alpha value is -3.23. The highest BCUT2D eigenvalue weighted by molar-refractivity contribution is 5.73. The third-order valence-electron chi connectivity index (χ3n) is 3.01. The van der Waals surface area contributed by atoms with Gasteiger partial charge in [0, 0.05) is 26.2 Å². The zero-order chi connectivity index (χ0) is 17.2. The molecule has 0 aliphatic heterocycles. The van der Waals surface area contributed by atoms with Gasteiger partial charge in [-0.25, -0.2) is 14.8 Å². The van der Waals surface area contributed by atoms with Crippen LogP contribution in [0.3, 0.4) is 0 Å². The molecular formula is C15H22N8O. The summed E-state index contributed by atoms with van der Waals surface area (Å²) in [5.74, 6) is 1.43. The van der Waals surface area contributed by atoms with Crippen molar-refractivity contribution in [3.63, 3.8) is 0 Å². The van der Waals surface area contributed by atoms with Crippen LogP contribution < -0.4 is 32.7 Å². The molecule has 2 aromatic heterocycles. The van der Waals surface area contributed by atoms with E-state index in [0.29, 0.717) is 49.2 Å². The van der Waals surface area contributed by atoms with Crippen LogP contribution in [0.2, 0.25) is 0 Å². The molecule has 0 aliphatic carbocycles. The lowest BCUT2D eigenvalue weighted by molar-refractivity contribution is 0.241. The van der Waals surface area contributed by atoms with Crippen molar-refractivity contribution in [1.82, 2.24) is 20.6 Å². The fourth-order valence-electron chi connectivity index (χ4n) is 1.82. The van der Waals surface area contributed by atoms with Crippen molar-refractivity contribution in [1.29, 1.82) is 0 Å². The van der Waals surface area contributed by atoms with Gasteiger partial charge in [-0.3, -0.25) is 0 Å². The smallest absolute Gasteiger partial charge is 0.314 e. The number of urea groups is 1. The Kier molecular flexibility index (Phi) is 6.45. The maximum absolute atomic E-state index is 11.6. The van der Waals surface area contributed by atoms with Crippen molar-refractivity contribution in [2.45, 2.75) is 0 Å². The summed E-state index contributed by atoms with van der Waals surface area (Å²) in [5, 5.41) is 11.7. The minimum Gasteiger partial charge on any atom is -0.397 e. The molecular weight excluding hydrogens is 308 g/mol. The van der Waals surface area contributed by atoms with Crippen LogP contribution in [0.5, 0.6) is 0 Å². The molecule has 0 atom stereocenters. The third kappa shape index (κ3) is 6.26. The van der Waals surface area contributed by atoms with Gasteiger partial charge >= 0.3 is 6.03 Å². The van der Waals surface area contributed by atoms with Crippen molar-refractivity contribution in [2.24, 2.45) is 0 Å². The fraction of sp³-hybridized carbons (Fsp3) is 0.267. The van der Waals surface area contributed by atoms with E-state index in [1.807, 2.05) is 0 Å². The van der Waals surface area contributed by atoms with E-state index in [1.54, 1.807) is 36.7 Å². The number of nitrogens with one attached hydrogen (secondary N) is 4. The molecule has 24 heavy (non-hydrogen) atoms. The number of hydrogen-bond acceptors (Lipinski definition) is 7. The molecule has 128 valence electrons. The summed E-state index contributed by atoms with van der Waals surface area (Å²) in [5.41, 5.74) is 12.3. The summed E-state index contributed by atoms with van der Waals surface area (Å²) < 4.78 is 0. The predicted molar refractivity (Wildman–Crippen MR) is 95.7 cm³/mol. The maximum atomic E-state index is 11.6. The van der Waals surface area contributed by atoms with Gasteiger partial charge in [0.25, 0.3) is 0 Å². The van der Waals surface area contributed by atoms with Gasteiger partial charge in [-0.05, 0) is 24.3 Å². The van der Waals surface area contributed by atoms with Gasteiger partial charge in [0.05, 0.1) is 23.8 Å². The van der Waals surface area contributed by atoms with Gasteiger partial charge in [-0.15, -0.1) is 0 Å². The Morgan fingerprint density at radius 2 is 1.25 bits per heavy atom. The van der Waals surface area contributed by atoms with E-state index >= 15 is 0 Å². The number of amides is 2. The van der Waals surface area contributed by atoms with Gasteiger partial charge in [0.1, 0.15) is 11.6 Å². The predicted octanol–water partition coefficient (Wildman–Crippen LogP) is 0.464. The van der Waals surface area contributed by atoms with Gasteiger partial charge < -0.3 is 32.7 Å². The van der Waals surface area contributed by atoms with Gasteiger partial charge in [0.15, 0.2) is 0 Å². The summed E-state index contributed by atoms with van der Waals surface area (Å²) in [6, 6.07) is 6.87. The van der Waals surface area contributed by atoms with Crippen LogP contribution in [-0.2, 0) is 0 Å². The number of carbonyl (C=O) groups is 1. The normalized spacial score (nSPS) is 10.0. The molecule has 9 nitrogen and oxygen atoms in total. The average Bonchev–Trinajstić information content (AvgIpc) is 2.59. The first-order chi connectivity index (χ1) is 11.6. The Morgan fingerprint density at radius 3 is 1.62 bits per heavy atom. The van der Waals surface area contributed by atoms with E-state index < -0.39 is 0 Å². The second-order valence-corrected chi connectivity index (χ2v) is 4.99. The number of carbonyl (C=O) groups excluding carboxylic acids is 1. The van der Waals surface area contributed by atoms with E-state index in [1.165, 1.54) is 0 Å². The number of pyridine rings is 2. The summed E-state index contributed by atoms with van der Waals surface area (Å²) >= 11 is 0. The molecule has 8 N–H and O–H groups in total. The van der Waals surface area contributed by atoms with Gasteiger partial charge in [-0.1, -0.05) is 0 Å². The van der Waals surface area contributed by atoms with Crippen molar-refractivity contribution in [3.8, 4) is 0 Å². The number of anilines is 4. The van der Waals surface area contributed by atoms with Crippen molar-refractivity contribution in [3.05, 3.63) is 36.7 Å². The number of aromatic nitrogens is 2.